The Hall–Kier alpha value is -2.09. The van der Waals surface area contributed by atoms with Crippen molar-refractivity contribution in [3.63, 3.8) is 0 Å². The maximum atomic E-state index is 10.8. The topological polar surface area (TPSA) is 70.2 Å². The predicted molar refractivity (Wildman–Crippen MR) is 66.0 cm³/mol. The maximum Gasteiger partial charge on any atom is 0.289 e. The van der Waals surface area contributed by atoms with Crippen molar-refractivity contribution in [2.75, 3.05) is 18.5 Å². The summed E-state index contributed by atoms with van der Waals surface area (Å²) in [5, 5.41) is 19.6. The van der Waals surface area contributed by atoms with Gasteiger partial charge in [0, 0.05) is 25.3 Å². The van der Waals surface area contributed by atoms with E-state index in [4.69, 9.17) is 5.26 Å². The number of rotatable bonds is 5. The zero-order valence-electron chi connectivity index (χ0n) is 10.0. The van der Waals surface area contributed by atoms with E-state index < -0.39 is 4.92 Å². The van der Waals surface area contributed by atoms with Crippen molar-refractivity contribution in [3.05, 3.63) is 33.9 Å². The van der Waals surface area contributed by atoms with Crippen molar-refractivity contribution < 1.29 is 4.92 Å². The molecular formula is C12H15N3O2. The van der Waals surface area contributed by atoms with Gasteiger partial charge in [0.05, 0.1) is 4.92 Å². The molecule has 0 aliphatic rings. The second-order valence-corrected chi connectivity index (χ2v) is 3.85. The fourth-order valence-corrected chi connectivity index (χ4v) is 1.53. The second kappa shape index (κ2) is 5.85. The van der Waals surface area contributed by atoms with Crippen LogP contribution in [0.2, 0.25) is 0 Å². The summed E-state index contributed by atoms with van der Waals surface area (Å²) in [5.74, 6) is 0. The molecule has 1 rings (SSSR count). The lowest BCUT2D eigenvalue weighted by atomic mass is 10.1. The van der Waals surface area contributed by atoms with Crippen molar-refractivity contribution in [2.24, 2.45) is 0 Å². The van der Waals surface area contributed by atoms with E-state index in [2.05, 4.69) is 6.92 Å². The molecule has 0 aromatic heterocycles. The van der Waals surface area contributed by atoms with Crippen LogP contribution in [0.15, 0.2) is 18.2 Å². The van der Waals surface area contributed by atoms with Gasteiger partial charge >= 0.3 is 0 Å². The molecule has 0 heterocycles. The maximum absolute atomic E-state index is 10.8. The third kappa shape index (κ3) is 3.18. The first-order valence-electron chi connectivity index (χ1n) is 5.49. The van der Waals surface area contributed by atoms with E-state index in [9.17, 15) is 10.1 Å². The standard InChI is InChI=1S/C12H15N3O2/c1-3-4-7-14(2)11-6-5-10(9-13)12(8-11)15(16)17/h5-6,8H,3-4,7H2,1-2H3. The lowest BCUT2D eigenvalue weighted by Gasteiger charge is -2.18. The van der Waals surface area contributed by atoms with Gasteiger partial charge in [0.25, 0.3) is 5.69 Å². The quantitative estimate of drug-likeness (QED) is 0.579. The molecule has 0 spiro atoms. The number of nitriles is 1. The SMILES string of the molecule is CCCCN(C)c1ccc(C#N)c([N+](=O)[O-])c1. The highest BCUT2D eigenvalue weighted by Gasteiger charge is 2.15. The van der Waals surface area contributed by atoms with E-state index in [1.165, 1.54) is 12.1 Å². The van der Waals surface area contributed by atoms with Gasteiger partial charge in [-0.3, -0.25) is 10.1 Å². The zero-order valence-corrected chi connectivity index (χ0v) is 10.0. The summed E-state index contributed by atoms with van der Waals surface area (Å²) in [6, 6.07) is 6.51. The summed E-state index contributed by atoms with van der Waals surface area (Å²) in [5.41, 5.74) is 0.736. The first kappa shape index (κ1) is 13.0. The van der Waals surface area contributed by atoms with E-state index in [-0.39, 0.29) is 11.3 Å². The van der Waals surface area contributed by atoms with Crippen LogP contribution in [0.4, 0.5) is 11.4 Å². The molecule has 5 nitrogen and oxygen atoms in total. The number of unbranched alkanes of at least 4 members (excludes halogenated alkanes) is 1. The molecule has 0 N–H and O–H groups in total. The minimum Gasteiger partial charge on any atom is -0.374 e. The number of nitro groups is 1. The molecule has 1 aromatic rings. The normalized spacial score (nSPS) is 9.71. The molecule has 17 heavy (non-hydrogen) atoms. The van der Waals surface area contributed by atoms with Gasteiger partial charge in [-0.1, -0.05) is 13.3 Å². The Morgan fingerprint density at radius 3 is 2.76 bits per heavy atom. The molecule has 0 bridgehead atoms. The number of benzene rings is 1. The third-order valence-corrected chi connectivity index (χ3v) is 2.59. The van der Waals surface area contributed by atoms with Gasteiger partial charge in [-0.15, -0.1) is 0 Å². The van der Waals surface area contributed by atoms with E-state index in [1.807, 2.05) is 18.0 Å². The van der Waals surface area contributed by atoms with Crippen LogP contribution in [0.25, 0.3) is 0 Å². The van der Waals surface area contributed by atoms with Gasteiger partial charge < -0.3 is 4.90 Å². The molecule has 0 amide bonds. The van der Waals surface area contributed by atoms with Crippen LogP contribution in [-0.2, 0) is 0 Å². The van der Waals surface area contributed by atoms with Gasteiger partial charge in [-0.2, -0.15) is 5.26 Å². The molecular weight excluding hydrogens is 218 g/mol. The summed E-state index contributed by atoms with van der Waals surface area (Å²) in [6.07, 6.45) is 2.10. The van der Waals surface area contributed by atoms with Gasteiger partial charge in [0.15, 0.2) is 0 Å². The van der Waals surface area contributed by atoms with Crippen molar-refractivity contribution in [1.29, 1.82) is 5.26 Å². The summed E-state index contributed by atoms with van der Waals surface area (Å²) < 4.78 is 0. The smallest absolute Gasteiger partial charge is 0.289 e. The first-order valence-corrected chi connectivity index (χ1v) is 5.49. The van der Waals surface area contributed by atoms with Crippen LogP contribution < -0.4 is 4.90 Å². The van der Waals surface area contributed by atoms with E-state index in [1.54, 1.807) is 6.07 Å². The van der Waals surface area contributed by atoms with E-state index in [0.717, 1.165) is 25.1 Å². The van der Waals surface area contributed by atoms with E-state index >= 15 is 0 Å². The summed E-state index contributed by atoms with van der Waals surface area (Å²) in [7, 11) is 1.89. The van der Waals surface area contributed by atoms with E-state index in [0.29, 0.717) is 0 Å². The van der Waals surface area contributed by atoms with Crippen LogP contribution in [-0.4, -0.2) is 18.5 Å². The molecule has 0 saturated carbocycles. The van der Waals surface area contributed by atoms with Crippen LogP contribution in [0.1, 0.15) is 25.3 Å². The highest BCUT2D eigenvalue weighted by molar-refractivity contribution is 5.59. The lowest BCUT2D eigenvalue weighted by molar-refractivity contribution is -0.385. The second-order valence-electron chi connectivity index (χ2n) is 3.85. The monoisotopic (exact) mass is 233 g/mol. The Morgan fingerprint density at radius 1 is 1.53 bits per heavy atom. The highest BCUT2D eigenvalue weighted by atomic mass is 16.6. The summed E-state index contributed by atoms with van der Waals surface area (Å²) in [6.45, 7) is 2.94. The van der Waals surface area contributed by atoms with Crippen molar-refractivity contribution in [2.45, 2.75) is 19.8 Å². The zero-order chi connectivity index (χ0) is 12.8. The number of anilines is 1. The Balaban J connectivity index is 3.00. The number of hydrogen-bond donors (Lipinski definition) is 0. The first-order chi connectivity index (χ1) is 8.10. The van der Waals surface area contributed by atoms with Gasteiger partial charge in [-0.05, 0) is 18.6 Å². The fraction of sp³-hybridized carbons (Fsp3) is 0.417. The average molecular weight is 233 g/mol. The number of nitro benzene ring substituents is 1. The van der Waals surface area contributed by atoms with Crippen molar-refractivity contribution >= 4 is 11.4 Å². The van der Waals surface area contributed by atoms with Crippen molar-refractivity contribution in [1.82, 2.24) is 0 Å². The van der Waals surface area contributed by atoms with Gasteiger partial charge in [0.2, 0.25) is 0 Å². The van der Waals surface area contributed by atoms with Gasteiger partial charge in [-0.25, -0.2) is 0 Å². The number of hydrogen-bond acceptors (Lipinski definition) is 4. The van der Waals surface area contributed by atoms with Crippen LogP contribution >= 0.6 is 0 Å². The molecule has 0 fully saturated rings. The Bertz CT molecular complexity index is 452. The molecule has 0 aliphatic heterocycles. The lowest BCUT2D eigenvalue weighted by Crippen LogP contribution is -2.18. The molecule has 0 radical (unpaired) electrons. The number of nitrogens with zero attached hydrogens (tertiary/aromatic N) is 3. The molecule has 0 unspecified atom stereocenters. The minimum absolute atomic E-state index is 0.0997. The Morgan fingerprint density at radius 2 is 2.24 bits per heavy atom. The molecule has 5 heteroatoms. The highest BCUT2D eigenvalue weighted by Crippen LogP contribution is 2.24. The Kier molecular flexibility index (Phi) is 4.46. The van der Waals surface area contributed by atoms with Gasteiger partial charge in [0.1, 0.15) is 11.6 Å². The largest absolute Gasteiger partial charge is 0.374 e. The predicted octanol–water partition coefficient (Wildman–Crippen LogP) is 2.70. The molecule has 0 aliphatic carbocycles. The summed E-state index contributed by atoms with van der Waals surface area (Å²) >= 11 is 0. The summed E-state index contributed by atoms with van der Waals surface area (Å²) in [4.78, 5) is 12.2. The van der Waals surface area contributed by atoms with Crippen molar-refractivity contribution in [3.8, 4) is 6.07 Å². The average Bonchev–Trinajstić information content (AvgIpc) is 2.34. The third-order valence-electron chi connectivity index (χ3n) is 2.59. The molecule has 0 saturated heterocycles. The fourth-order valence-electron chi connectivity index (χ4n) is 1.53. The van der Waals surface area contributed by atoms with Crippen LogP contribution in [0.5, 0.6) is 0 Å². The molecule has 0 atom stereocenters. The van der Waals surface area contributed by atoms with Crippen LogP contribution in [0, 0.1) is 21.4 Å². The minimum atomic E-state index is -0.518. The molecule has 90 valence electrons. The Labute approximate surface area is 100 Å². The van der Waals surface area contributed by atoms with Crippen LogP contribution in [0.3, 0.4) is 0 Å². The molecule has 1 aromatic carbocycles.